The number of ketones is 1. The molecule has 4 rings (SSSR count). The van der Waals surface area contributed by atoms with E-state index in [1.807, 2.05) is 0 Å². The van der Waals surface area contributed by atoms with E-state index < -0.39 is 8.07 Å². The molecule has 3 nitrogen and oxygen atoms in total. The van der Waals surface area contributed by atoms with Gasteiger partial charge >= 0.3 is 0 Å². The number of Topliss-reactive ketones (excluding diaryl/α,β-unsaturated/α-hetero) is 1. The number of carbonyl (C=O) groups is 1. The van der Waals surface area contributed by atoms with E-state index in [2.05, 4.69) is 94.1 Å². The number of fused-ring (bicyclic) bond motifs is 6. The Balaban J connectivity index is 1.75. The van der Waals surface area contributed by atoms with Crippen LogP contribution in [0.3, 0.4) is 0 Å². The number of H-pyrrole nitrogens is 1. The van der Waals surface area contributed by atoms with Crippen LogP contribution in [0.1, 0.15) is 78.6 Å². The molecule has 1 fully saturated rings. The van der Waals surface area contributed by atoms with E-state index in [1.165, 1.54) is 22.2 Å². The molecule has 3 heterocycles. The third-order valence-electron chi connectivity index (χ3n) is 8.14. The van der Waals surface area contributed by atoms with Gasteiger partial charge in [0, 0.05) is 23.0 Å². The lowest BCUT2D eigenvalue weighted by Crippen LogP contribution is -2.55. The van der Waals surface area contributed by atoms with Crippen molar-refractivity contribution in [1.29, 1.82) is 0 Å². The number of aromatic nitrogens is 1. The summed E-state index contributed by atoms with van der Waals surface area (Å²) in [6, 6.07) is 8.84. The Hall–Kier alpha value is -1.83. The molecule has 4 heteroatoms. The van der Waals surface area contributed by atoms with Crippen LogP contribution in [0.25, 0.3) is 10.9 Å². The lowest BCUT2D eigenvalue weighted by Gasteiger charge is -2.47. The van der Waals surface area contributed by atoms with E-state index in [9.17, 15) is 4.79 Å². The highest BCUT2D eigenvalue weighted by Gasteiger charge is 2.46. The minimum Gasteiger partial charge on any atom is -0.357 e. The highest BCUT2D eigenvalue weighted by Crippen LogP contribution is 2.44. The number of para-hydroxylation sites is 1. The Morgan fingerprint density at radius 1 is 1.00 bits per heavy atom. The second-order valence-electron chi connectivity index (χ2n) is 10.6. The Bertz CT molecular complexity index is 1020. The Labute approximate surface area is 189 Å². The van der Waals surface area contributed by atoms with Crippen molar-refractivity contribution in [3.8, 4) is 11.5 Å². The van der Waals surface area contributed by atoms with Crippen LogP contribution in [0.5, 0.6) is 0 Å². The minimum atomic E-state index is -1.79. The normalized spacial score (nSPS) is 22.7. The summed E-state index contributed by atoms with van der Waals surface area (Å²) in [5, 5.41) is 1.28. The monoisotopic (exact) mass is 434 g/mol. The first kappa shape index (κ1) is 22.4. The van der Waals surface area contributed by atoms with Gasteiger partial charge in [0.2, 0.25) is 0 Å². The molecule has 0 spiro atoms. The zero-order chi connectivity index (χ0) is 22.5. The molecule has 1 aromatic heterocycles. The molecule has 31 heavy (non-hydrogen) atoms. The van der Waals surface area contributed by atoms with Gasteiger partial charge in [0.25, 0.3) is 0 Å². The highest BCUT2D eigenvalue weighted by atomic mass is 28.3. The van der Waals surface area contributed by atoms with Crippen LogP contribution in [0.2, 0.25) is 16.6 Å². The van der Waals surface area contributed by atoms with E-state index >= 15 is 0 Å². The largest absolute Gasteiger partial charge is 0.357 e. The molecule has 3 atom stereocenters. The number of nitrogens with zero attached hydrogens (tertiary/aromatic N) is 1. The van der Waals surface area contributed by atoms with Gasteiger partial charge in [-0.25, -0.2) is 0 Å². The average molecular weight is 435 g/mol. The minimum absolute atomic E-state index is 0.0389. The van der Waals surface area contributed by atoms with Crippen molar-refractivity contribution in [1.82, 2.24) is 9.88 Å². The molecule has 166 valence electrons. The van der Waals surface area contributed by atoms with Crippen molar-refractivity contribution < 1.29 is 4.79 Å². The molecular formula is C27H38N2OSi. The van der Waals surface area contributed by atoms with E-state index in [4.69, 9.17) is 0 Å². The van der Waals surface area contributed by atoms with Crippen molar-refractivity contribution in [3.63, 3.8) is 0 Å². The molecule has 0 radical (unpaired) electrons. The van der Waals surface area contributed by atoms with Gasteiger partial charge in [-0.2, -0.15) is 0 Å². The van der Waals surface area contributed by atoms with Crippen LogP contribution in [0.15, 0.2) is 24.3 Å². The van der Waals surface area contributed by atoms with Crippen LogP contribution in [0.4, 0.5) is 0 Å². The van der Waals surface area contributed by atoms with Crippen LogP contribution >= 0.6 is 0 Å². The molecule has 1 N–H and O–H groups in total. The molecule has 0 amide bonds. The number of aromatic amines is 1. The zero-order valence-corrected chi connectivity index (χ0v) is 21.3. The smallest absolute Gasteiger partial charge is 0.150 e. The van der Waals surface area contributed by atoms with Crippen molar-refractivity contribution >= 4 is 24.8 Å². The van der Waals surface area contributed by atoms with Crippen LogP contribution in [-0.4, -0.2) is 35.8 Å². The van der Waals surface area contributed by atoms with Gasteiger partial charge in [0.1, 0.15) is 13.9 Å². The number of hydrogen-bond acceptors (Lipinski definition) is 2. The summed E-state index contributed by atoms with van der Waals surface area (Å²) < 4.78 is 0. The first-order chi connectivity index (χ1) is 14.7. The molecule has 0 aliphatic carbocycles. The molecule has 2 aliphatic heterocycles. The van der Waals surface area contributed by atoms with Crippen LogP contribution in [-0.2, 0) is 11.2 Å². The molecule has 2 aliphatic rings. The van der Waals surface area contributed by atoms with Crippen molar-refractivity contribution in [3.05, 3.63) is 35.5 Å². The third-order valence-corrected chi connectivity index (χ3v) is 14.5. The number of rotatable bonds is 4. The summed E-state index contributed by atoms with van der Waals surface area (Å²) in [6.07, 6.45) is 2.38. The number of carbonyl (C=O) groups excluding carboxylic acids is 1. The van der Waals surface area contributed by atoms with E-state index in [0.717, 1.165) is 12.8 Å². The quantitative estimate of drug-likeness (QED) is 0.446. The van der Waals surface area contributed by atoms with Crippen LogP contribution < -0.4 is 0 Å². The molecule has 1 saturated heterocycles. The van der Waals surface area contributed by atoms with Crippen LogP contribution in [0, 0.1) is 11.5 Å². The highest BCUT2D eigenvalue weighted by molar-refractivity contribution is 6.90. The molecule has 2 bridgehead atoms. The fraction of sp³-hybridized carbons (Fsp3) is 0.593. The molecule has 2 aromatic rings. The molecule has 1 aromatic carbocycles. The summed E-state index contributed by atoms with van der Waals surface area (Å²) in [5.41, 5.74) is 9.63. The number of nitrogens with one attached hydrogen (secondary N) is 1. The maximum Gasteiger partial charge on any atom is 0.150 e. The number of benzene rings is 1. The van der Waals surface area contributed by atoms with E-state index in [-0.39, 0.29) is 18.1 Å². The lowest BCUT2D eigenvalue weighted by molar-refractivity contribution is -0.130. The summed E-state index contributed by atoms with van der Waals surface area (Å²) in [5.74, 6) is 4.11. The van der Waals surface area contributed by atoms with E-state index in [1.54, 1.807) is 0 Å². The number of piperidine rings is 1. The van der Waals surface area contributed by atoms with Crippen molar-refractivity contribution in [2.24, 2.45) is 0 Å². The summed E-state index contributed by atoms with van der Waals surface area (Å²) >= 11 is 0. The van der Waals surface area contributed by atoms with Gasteiger partial charge in [-0.15, -0.1) is 5.54 Å². The fourth-order valence-corrected chi connectivity index (χ4v) is 12.0. The van der Waals surface area contributed by atoms with Gasteiger partial charge in [0.15, 0.2) is 0 Å². The molecular weight excluding hydrogens is 396 g/mol. The average Bonchev–Trinajstić information content (AvgIpc) is 3.08. The van der Waals surface area contributed by atoms with Gasteiger partial charge in [-0.3, -0.25) is 9.69 Å². The first-order valence-electron chi connectivity index (χ1n) is 12.1. The maximum atomic E-state index is 13.0. The topological polar surface area (TPSA) is 36.1 Å². The van der Waals surface area contributed by atoms with Crippen molar-refractivity contribution in [2.75, 3.05) is 0 Å². The fourth-order valence-electron chi connectivity index (χ4n) is 6.69. The predicted octanol–water partition coefficient (Wildman–Crippen LogP) is 6.41. The first-order valence-corrected chi connectivity index (χ1v) is 14.3. The second-order valence-corrected chi connectivity index (χ2v) is 16.2. The summed E-state index contributed by atoms with van der Waals surface area (Å²) in [6.45, 7) is 16.4. The van der Waals surface area contributed by atoms with Gasteiger partial charge in [-0.1, -0.05) is 65.7 Å². The zero-order valence-electron chi connectivity index (χ0n) is 20.3. The van der Waals surface area contributed by atoms with Gasteiger partial charge in [-0.05, 0) is 48.0 Å². The molecule has 0 saturated carbocycles. The Morgan fingerprint density at radius 3 is 2.29 bits per heavy atom. The predicted molar refractivity (Wildman–Crippen MR) is 133 cm³/mol. The Kier molecular flexibility index (Phi) is 5.96. The molecule has 0 unspecified atom stereocenters. The van der Waals surface area contributed by atoms with E-state index in [0.29, 0.717) is 28.8 Å². The SMILES string of the molecule is CC(C)[Si](C#C[C@H](C)N1[C@@H]2Cc3c([nH]c4ccccc34)[C@H]1CCC2=O)(C(C)C)C(C)C. The standard InChI is InChI=1S/C27H38N2OSi/c1-17(2)31(18(3)4,19(5)6)15-14-20(7)29-24-12-13-26(30)25(29)16-22-21-10-8-9-11-23(21)28-27(22)24/h8-11,17-20,24-25,28H,12-13,16H2,1-7H3/t20-,24+,25+/m0/s1. The van der Waals surface area contributed by atoms with Crippen molar-refractivity contribution in [2.45, 2.75) is 102 Å². The maximum absolute atomic E-state index is 13.0. The third kappa shape index (κ3) is 3.51. The number of hydrogen-bond donors (Lipinski definition) is 1. The Morgan fingerprint density at radius 2 is 1.65 bits per heavy atom. The summed E-state index contributed by atoms with van der Waals surface area (Å²) in [4.78, 5) is 19.2. The lowest BCUT2D eigenvalue weighted by atomic mass is 9.81. The van der Waals surface area contributed by atoms with Gasteiger partial charge < -0.3 is 4.98 Å². The second kappa shape index (κ2) is 8.26. The summed E-state index contributed by atoms with van der Waals surface area (Å²) in [7, 11) is -1.79. The van der Waals surface area contributed by atoms with Gasteiger partial charge in [0.05, 0.1) is 18.1 Å².